The topological polar surface area (TPSA) is 79.4 Å². The second-order valence-corrected chi connectivity index (χ2v) is 8.76. The van der Waals surface area contributed by atoms with Crippen LogP contribution in [0, 0.1) is 6.92 Å². The van der Waals surface area contributed by atoms with E-state index in [2.05, 4.69) is 10.3 Å². The van der Waals surface area contributed by atoms with Crippen molar-refractivity contribution in [3.05, 3.63) is 53.7 Å². The number of aromatic nitrogens is 1. The van der Waals surface area contributed by atoms with Gasteiger partial charge in [0, 0.05) is 25.7 Å². The first kappa shape index (κ1) is 19.5. The van der Waals surface area contributed by atoms with Gasteiger partial charge in [-0.1, -0.05) is 24.6 Å². The van der Waals surface area contributed by atoms with Crippen molar-refractivity contribution < 1.29 is 13.2 Å². The van der Waals surface area contributed by atoms with E-state index in [1.165, 1.54) is 0 Å². The van der Waals surface area contributed by atoms with Gasteiger partial charge in [0.1, 0.15) is 5.82 Å². The second-order valence-electron chi connectivity index (χ2n) is 6.83. The van der Waals surface area contributed by atoms with Gasteiger partial charge in [0.05, 0.1) is 4.90 Å². The zero-order chi connectivity index (χ0) is 19.3. The number of aryl methyl sites for hydroxylation is 2. The van der Waals surface area contributed by atoms with E-state index < -0.39 is 10.0 Å². The van der Waals surface area contributed by atoms with Crippen molar-refractivity contribution in [1.82, 2.24) is 9.29 Å². The number of carbonyl (C=O) groups excluding carboxylic acids is 1. The van der Waals surface area contributed by atoms with Gasteiger partial charge >= 0.3 is 0 Å². The van der Waals surface area contributed by atoms with Crippen LogP contribution in [-0.2, 0) is 21.2 Å². The number of nitrogens with zero attached hydrogens (tertiary/aromatic N) is 2. The van der Waals surface area contributed by atoms with Crippen molar-refractivity contribution >= 4 is 21.7 Å². The summed E-state index contributed by atoms with van der Waals surface area (Å²) in [6.45, 7) is 3.08. The second kappa shape index (κ2) is 8.63. The molecule has 0 unspecified atom stereocenters. The molecule has 2 aromatic rings. The normalized spacial score (nSPS) is 15.4. The Labute approximate surface area is 160 Å². The quantitative estimate of drug-likeness (QED) is 0.826. The lowest BCUT2D eigenvalue weighted by molar-refractivity contribution is -0.116. The average molecular weight is 388 g/mol. The maximum atomic E-state index is 12.7. The molecule has 6 nitrogen and oxygen atoms in total. The highest BCUT2D eigenvalue weighted by Gasteiger charge is 2.25. The van der Waals surface area contributed by atoms with E-state index in [9.17, 15) is 13.2 Å². The Balaban J connectivity index is 1.57. The molecular weight excluding hydrogens is 362 g/mol. The predicted octanol–water partition coefficient (Wildman–Crippen LogP) is 3.14. The van der Waals surface area contributed by atoms with Crippen LogP contribution in [-0.4, -0.2) is 36.7 Å². The fourth-order valence-electron chi connectivity index (χ4n) is 3.15. The zero-order valence-corrected chi connectivity index (χ0v) is 16.3. The van der Waals surface area contributed by atoms with E-state index in [1.807, 2.05) is 19.1 Å². The van der Waals surface area contributed by atoms with Gasteiger partial charge in [-0.15, -0.1) is 0 Å². The molecule has 1 amide bonds. The smallest absolute Gasteiger partial charge is 0.243 e. The summed E-state index contributed by atoms with van der Waals surface area (Å²) in [5, 5.41) is 2.81. The molecule has 0 aliphatic carbocycles. The Hall–Kier alpha value is -2.25. The van der Waals surface area contributed by atoms with Gasteiger partial charge < -0.3 is 5.32 Å². The van der Waals surface area contributed by atoms with Crippen LogP contribution in [0.4, 0.5) is 5.82 Å². The molecule has 0 saturated carbocycles. The first-order valence-corrected chi connectivity index (χ1v) is 10.7. The number of hydrogen-bond acceptors (Lipinski definition) is 4. The monoisotopic (exact) mass is 387 g/mol. The third kappa shape index (κ3) is 4.93. The molecule has 2 heterocycles. The van der Waals surface area contributed by atoms with Crippen LogP contribution in [0.2, 0.25) is 0 Å². The number of benzene rings is 1. The summed E-state index contributed by atoms with van der Waals surface area (Å²) in [6, 6.07) is 10.6. The first-order chi connectivity index (χ1) is 13.0. The first-order valence-electron chi connectivity index (χ1n) is 9.27. The predicted molar refractivity (Wildman–Crippen MR) is 105 cm³/mol. The van der Waals surface area contributed by atoms with Crippen LogP contribution in [0.25, 0.3) is 0 Å². The minimum atomic E-state index is -3.41. The van der Waals surface area contributed by atoms with Gasteiger partial charge in [0.15, 0.2) is 0 Å². The summed E-state index contributed by atoms with van der Waals surface area (Å²) >= 11 is 0. The van der Waals surface area contributed by atoms with Crippen molar-refractivity contribution in [3.8, 4) is 0 Å². The minimum Gasteiger partial charge on any atom is -0.310 e. The maximum absolute atomic E-state index is 12.7. The van der Waals surface area contributed by atoms with E-state index in [1.54, 1.807) is 34.8 Å². The number of piperidine rings is 1. The van der Waals surface area contributed by atoms with Crippen LogP contribution < -0.4 is 5.32 Å². The molecule has 1 N–H and O–H groups in total. The number of anilines is 1. The highest BCUT2D eigenvalue weighted by molar-refractivity contribution is 7.89. The molecule has 1 saturated heterocycles. The lowest BCUT2D eigenvalue weighted by Gasteiger charge is -2.25. The van der Waals surface area contributed by atoms with Crippen molar-refractivity contribution in [2.75, 3.05) is 18.4 Å². The summed E-state index contributed by atoms with van der Waals surface area (Å²) in [5.41, 5.74) is 1.85. The largest absolute Gasteiger partial charge is 0.310 e. The lowest BCUT2D eigenvalue weighted by atomic mass is 10.1. The minimum absolute atomic E-state index is 0.109. The number of hydrogen-bond donors (Lipinski definition) is 1. The Morgan fingerprint density at radius 2 is 1.81 bits per heavy atom. The molecule has 1 aromatic carbocycles. The van der Waals surface area contributed by atoms with Crippen molar-refractivity contribution in [2.24, 2.45) is 0 Å². The van der Waals surface area contributed by atoms with E-state index in [-0.39, 0.29) is 5.91 Å². The summed E-state index contributed by atoms with van der Waals surface area (Å²) in [5.74, 6) is 0.465. The van der Waals surface area contributed by atoms with Gasteiger partial charge in [0.2, 0.25) is 15.9 Å². The molecule has 1 fully saturated rings. The molecule has 3 rings (SSSR count). The van der Waals surface area contributed by atoms with Crippen molar-refractivity contribution in [1.29, 1.82) is 0 Å². The summed E-state index contributed by atoms with van der Waals surface area (Å²) in [6.07, 6.45) is 5.43. The molecule has 144 valence electrons. The Morgan fingerprint density at radius 3 is 2.48 bits per heavy atom. The van der Waals surface area contributed by atoms with Gasteiger partial charge in [-0.3, -0.25) is 4.79 Å². The highest BCUT2D eigenvalue weighted by atomic mass is 32.2. The third-order valence-corrected chi connectivity index (χ3v) is 6.70. The molecular formula is C20H25N3O3S. The number of carbonyl (C=O) groups is 1. The van der Waals surface area contributed by atoms with Crippen molar-refractivity contribution in [3.63, 3.8) is 0 Å². The van der Waals surface area contributed by atoms with E-state index >= 15 is 0 Å². The highest BCUT2D eigenvalue weighted by Crippen LogP contribution is 2.21. The number of amides is 1. The average Bonchev–Trinajstić information content (AvgIpc) is 2.69. The number of sulfonamides is 1. The summed E-state index contributed by atoms with van der Waals surface area (Å²) in [7, 11) is -3.41. The summed E-state index contributed by atoms with van der Waals surface area (Å²) < 4.78 is 26.9. The zero-order valence-electron chi connectivity index (χ0n) is 15.5. The van der Waals surface area contributed by atoms with Crippen LogP contribution in [0.3, 0.4) is 0 Å². The number of nitrogens with one attached hydrogen (secondary N) is 1. The number of rotatable bonds is 6. The van der Waals surface area contributed by atoms with Gasteiger partial charge in [-0.05, 0) is 55.5 Å². The Morgan fingerprint density at radius 1 is 1.11 bits per heavy atom. The Kier molecular flexibility index (Phi) is 6.23. The van der Waals surface area contributed by atoms with E-state index in [4.69, 9.17) is 0 Å². The molecule has 0 radical (unpaired) electrons. The third-order valence-electron chi connectivity index (χ3n) is 4.78. The standard InChI is InChI=1S/C20H25N3O3S/c1-16-6-5-13-21-20(16)22-19(24)12-9-17-7-10-18(11-8-17)27(25,26)23-14-3-2-4-15-23/h5-8,10-11,13H,2-4,9,12,14-15H2,1H3,(H,21,22,24). The number of pyridine rings is 1. The van der Waals surface area contributed by atoms with Gasteiger partial charge in [0.25, 0.3) is 0 Å². The van der Waals surface area contributed by atoms with Crippen molar-refractivity contribution in [2.45, 2.75) is 43.9 Å². The molecule has 0 atom stereocenters. The molecule has 0 spiro atoms. The fraction of sp³-hybridized carbons (Fsp3) is 0.400. The lowest BCUT2D eigenvalue weighted by Crippen LogP contribution is -2.35. The van der Waals surface area contributed by atoms with Crippen LogP contribution in [0.15, 0.2) is 47.5 Å². The molecule has 1 aliphatic rings. The van der Waals surface area contributed by atoms with Gasteiger partial charge in [-0.25, -0.2) is 13.4 Å². The van der Waals surface area contributed by atoms with Gasteiger partial charge in [-0.2, -0.15) is 4.31 Å². The molecule has 1 aromatic heterocycles. The van der Waals surface area contributed by atoms with Crippen LogP contribution in [0.5, 0.6) is 0 Å². The SMILES string of the molecule is Cc1cccnc1NC(=O)CCc1ccc(S(=O)(=O)N2CCCCC2)cc1. The van der Waals surface area contributed by atoms with Crippen LogP contribution >= 0.6 is 0 Å². The maximum Gasteiger partial charge on any atom is 0.243 e. The Bertz CT molecular complexity index is 889. The van der Waals surface area contributed by atoms with E-state index in [0.29, 0.717) is 36.6 Å². The molecule has 27 heavy (non-hydrogen) atoms. The molecule has 7 heteroatoms. The summed E-state index contributed by atoms with van der Waals surface area (Å²) in [4.78, 5) is 16.6. The molecule has 1 aliphatic heterocycles. The fourth-order valence-corrected chi connectivity index (χ4v) is 4.67. The molecule has 0 bridgehead atoms. The van der Waals surface area contributed by atoms with E-state index in [0.717, 1.165) is 30.4 Å². The van der Waals surface area contributed by atoms with Crippen LogP contribution in [0.1, 0.15) is 36.8 Å².